The van der Waals surface area contributed by atoms with E-state index < -0.39 is 17.9 Å². The largest absolute Gasteiger partial charge is 0.493 e. The molecule has 0 bridgehead atoms. The Morgan fingerprint density at radius 2 is 1.12 bits per heavy atom. The van der Waals surface area contributed by atoms with Crippen molar-refractivity contribution in [2.45, 2.75) is 110 Å². The smallest absolute Gasteiger partial charge is 0.351 e. The van der Waals surface area contributed by atoms with E-state index in [1.165, 1.54) is 116 Å². The van der Waals surface area contributed by atoms with Gasteiger partial charge in [-0.05, 0) is 18.6 Å². The van der Waals surface area contributed by atoms with Crippen molar-refractivity contribution in [3.8, 4) is 5.75 Å². The quantitative estimate of drug-likeness (QED) is 0.0403. The molecular weight excluding hydrogens is 570 g/mol. The first-order valence-corrected chi connectivity index (χ1v) is 16.6. The highest BCUT2D eigenvalue weighted by Gasteiger charge is 2.21. The van der Waals surface area contributed by atoms with Gasteiger partial charge in [0.25, 0.3) is 0 Å². The minimum Gasteiger partial charge on any atom is -0.493 e. The maximum absolute atomic E-state index is 12.2. The number of hydrogen-bond donors (Lipinski definition) is 0. The molecule has 0 spiro atoms. The maximum atomic E-state index is 12.2. The maximum Gasteiger partial charge on any atom is 0.351 e. The zero-order valence-corrected chi connectivity index (χ0v) is 27.6. The van der Waals surface area contributed by atoms with Crippen molar-refractivity contribution in [3.05, 3.63) is 23.8 Å². The second-order valence-electron chi connectivity index (χ2n) is 10.8. The van der Waals surface area contributed by atoms with E-state index in [2.05, 4.69) is 6.92 Å². The Kier molecular flexibility index (Phi) is 21.8. The first-order valence-electron chi connectivity index (χ1n) is 15.8. The van der Waals surface area contributed by atoms with Crippen molar-refractivity contribution in [1.29, 1.82) is 0 Å². The molecule has 9 nitrogen and oxygen atoms in total. The molecule has 0 amide bonds. The average Bonchev–Trinajstić information content (AvgIpc) is 3.02. The number of carbonyl (C=O) groups is 3. The molecule has 0 radical (unpaired) electrons. The molecule has 0 atom stereocenters. The summed E-state index contributed by atoms with van der Waals surface area (Å²) in [7, 11) is 3.69. The van der Waals surface area contributed by atoms with Crippen LogP contribution in [0.25, 0.3) is 0 Å². The predicted octanol–water partition coefficient (Wildman–Crippen LogP) is 6.39. The summed E-state index contributed by atoms with van der Waals surface area (Å²) < 4.78 is 32.1. The van der Waals surface area contributed by atoms with Gasteiger partial charge in [-0.1, -0.05) is 103 Å². The molecule has 1 aromatic rings. The second kappa shape index (κ2) is 24.6. The van der Waals surface area contributed by atoms with Crippen LogP contribution in [-0.4, -0.2) is 68.0 Å². The Labute approximate surface area is 262 Å². The molecule has 0 saturated carbocycles. The van der Waals surface area contributed by atoms with Crippen molar-refractivity contribution in [1.82, 2.24) is 0 Å². The highest BCUT2D eigenvalue weighted by molar-refractivity contribution is 7.69. The van der Waals surface area contributed by atoms with Crippen LogP contribution in [-0.2, 0) is 39.8 Å². The molecule has 10 heteroatoms. The summed E-state index contributed by atoms with van der Waals surface area (Å²) in [5.74, 6) is -1.52. The van der Waals surface area contributed by atoms with Crippen molar-refractivity contribution in [3.63, 3.8) is 0 Å². The van der Waals surface area contributed by atoms with Gasteiger partial charge in [0.15, 0.2) is 4.86 Å². The average molecular weight is 624 g/mol. The molecule has 0 saturated heterocycles. The lowest BCUT2D eigenvalue weighted by Crippen LogP contribution is -2.35. The number of methoxy groups -OCH3 is 3. The van der Waals surface area contributed by atoms with Crippen LogP contribution in [0.1, 0.15) is 115 Å². The van der Waals surface area contributed by atoms with Crippen LogP contribution in [0.4, 0.5) is 5.69 Å². The SMILES string of the molecule is CCCCCCCCCCCCCCCCCCOc1cc(C(=S=O)C(=O)OC)cc(N(CC(=O)OC)CC(=O)OC)c1. The van der Waals surface area contributed by atoms with Crippen LogP contribution >= 0.6 is 0 Å². The lowest BCUT2D eigenvalue weighted by molar-refractivity contribution is -0.140. The van der Waals surface area contributed by atoms with E-state index in [1.54, 1.807) is 12.1 Å². The first-order chi connectivity index (χ1) is 20.9. The van der Waals surface area contributed by atoms with Gasteiger partial charge in [-0.3, -0.25) is 9.59 Å². The third kappa shape index (κ3) is 17.1. The molecule has 0 aliphatic rings. The molecular formula is C33H53NO8S. The summed E-state index contributed by atoms with van der Waals surface area (Å²) in [5, 5.41) is 0. The molecule has 0 aromatic heterocycles. The van der Waals surface area contributed by atoms with E-state index in [4.69, 9.17) is 18.9 Å². The molecule has 43 heavy (non-hydrogen) atoms. The number of ether oxygens (including phenoxy) is 4. The van der Waals surface area contributed by atoms with Crippen LogP contribution in [0.2, 0.25) is 0 Å². The summed E-state index contributed by atoms with van der Waals surface area (Å²) >= 11 is 0.00703. The highest BCUT2D eigenvalue weighted by Crippen LogP contribution is 2.26. The lowest BCUT2D eigenvalue weighted by Gasteiger charge is -2.23. The summed E-state index contributed by atoms with van der Waals surface area (Å²) in [6, 6.07) is 4.78. The molecule has 0 unspecified atom stereocenters. The van der Waals surface area contributed by atoms with Gasteiger partial charge in [-0.25, -0.2) is 9.00 Å². The van der Waals surface area contributed by atoms with Gasteiger partial charge in [0, 0.05) is 17.3 Å². The molecule has 244 valence electrons. The van der Waals surface area contributed by atoms with Crippen LogP contribution in [0.3, 0.4) is 0 Å². The fourth-order valence-corrected chi connectivity index (χ4v) is 5.16. The highest BCUT2D eigenvalue weighted by atomic mass is 32.1. The van der Waals surface area contributed by atoms with E-state index in [9.17, 15) is 18.6 Å². The van der Waals surface area contributed by atoms with Crippen LogP contribution in [0.5, 0.6) is 5.75 Å². The van der Waals surface area contributed by atoms with Crippen molar-refractivity contribution < 1.29 is 37.5 Å². The van der Waals surface area contributed by atoms with Gasteiger partial charge in [-0.15, -0.1) is 0 Å². The molecule has 1 rings (SSSR count). The van der Waals surface area contributed by atoms with Crippen molar-refractivity contribution >= 4 is 39.7 Å². The van der Waals surface area contributed by atoms with E-state index >= 15 is 0 Å². The van der Waals surface area contributed by atoms with Gasteiger partial charge < -0.3 is 23.8 Å². The third-order valence-electron chi connectivity index (χ3n) is 7.33. The van der Waals surface area contributed by atoms with E-state index in [0.29, 0.717) is 18.0 Å². The van der Waals surface area contributed by atoms with Gasteiger partial charge in [0.05, 0.1) is 27.9 Å². The Bertz CT molecular complexity index is 991. The van der Waals surface area contributed by atoms with Gasteiger partial charge >= 0.3 is 17.9 Å². The van der Waals surface area contributed by atoms with E-state index in [-0.39, 0.29) is 34.8 Å². The number of hydrogen-bond acceptors (Lipinski definition) is 9. The number of nitrogens with zero attached hydrogens (tertiary/aromatic N) is 1. The van der Waals surface area contributed by atoms with Crippen molar-refractivity contribution in [2.75, 3.05) is 45.9 Å². The molecule has 0 heterocycles. The first kappa shape index (κ1) is 38.1. The predicted molar refractivity (Wildman–Crippen MR) is 172 cm³/mol. The number of unbranched alkanes of at least 4 members (excludes halogenated alkanes) is 15. The van der Waals surface area contributed by atoms with Gasteiger partial charge in [0.1, 0.15) is 30.1 Å². The molecule has 0 fully saturated rings. The zero-order chi connectivity index (χ0) is 31.7. The Hall–Kier alpha value is -2.88. The minimum absolute atomic E-state index is 0.00703. The Morgan fingerprint density at radius 1 is 0.651 bits per heavy atom. The van der Waals surface area contributed by atoms with Crippen LogP contribution in [0.15, 0.2) is 18.2 Å². The van der Waals surface area contributed by atoms with Crippen LogP contribution in [0, 0.1) is 0 Å². The van der Waals surface area contributed by atoms with Gasteiger partial charge in [-0.2, -0.15) is 0 Å². The van der Waals surface area contributed by atoms with Crippen molar-refractivity contribution in [2.24, 2.45) is 0 Å². The fourth-order valence-electron chi connectivity index (χ4n) is 4.79. The Morgan fingerprint density at radius 3 is 1.53 bits per heavy atom. The number of esters is 3. The van der Waals surface area contributed by atoms with Gasteiger partial charge in [0.2, 0.25) is 0 Å². The third-order valence-corrected chi connectivity index (χ3v) is 7.90. The molecule has 1 aromatic carbocycles. The number of rotatable bonds is 25. The zero-order valence-electron chi connectivity index (χ0n) is 26.8. The standard InChI is InChI=1S/C33H53NO8S/c1-5-6-7-8-9-10-11-12-13-14-15-16-17-18-19-20-21-42-29-23-27(32(43-38)33(37)41-4)22-28(24-29)34(25-30(35)39-2)26-31(36)40-3/h22-24H,5-21,25-26H2,1-4H3. The topological polar surface area (TPSA) is 108 Å². The molecule has 0 aliphatic heterocycles. The fraction of sp³-hybridized carbons (Fsp3) is 0.697. The monoisotopic (exact) mass is 623 g/mol. The minimum atomic E-state index is -0.784. The summed E-state index contributed by atoms with van der Waals surface area (Å²) in [4.78, 5) is 37.6. The number of carbonyl (C=O) groups excluding carboxylic acids is 3. The number of anilines is 1. The number of benzene rings is 1. The normalized spacial score (nSPS) is 10.6. The van der Waals surface area contributed by atoms with E-state index in [1.807, 2.05) is 0 Å². The van der Waals surface area contributed by atoms with E-state index in [0.717, 1.165) is 19.3 Å². The van der Waals surface area contributed by atoms with Crippen LogP contribution < -0.4 is 9.64 Å². The second-order valence-corrected chi connectivity index (χ2v) is 11.4. The summed E-state index contributed by atoms with van der Waals surface area (Å²) in [5.41, 5.74) is 0.664. The summed E-state index contributed by atoms with van der Waals surface area (Å²) in [6.45, 7) is 2.22. The molecule has 0 aliphatic carbocycles. The summed E-state index contributed by atoms with van der Waals surface area (Å²) in [6.07, 6.45) is 20.5. The molecule has 0 N–H and O–H groups in total. The lowest BCUT2D eigenvalue weighted by atomic mass is 10.0. The Balaban J connectivity index is 2.57.